The Bertz CT molecular complexity index is 900. The number of benzene rings is 2. The van der Waals surface area contributed by atoms with Crippen molar-refractivity contribution in [3.05, 3.63) is 72.3 Å². The highest BCUT2D eigenvalue weighted by Crippen LogP contribution is 2.31. The molecule has 0 fully saturated rings. The van der Waals surface area contributed by atoms with Crippen LogP contribution in [0.25, 0.3) is 11.4 Å². The smallest absolute Gasteiger partial charge is 0.163 e. The van der Waals surface area contributed by atoms with Crippen LogP contribution in [0.15, 0.2) is 67.3 Å². The van der Waals surface area contributed by atoms with Crippen LogP contribution in [-0.2, 0) is 0 Å². The Balaban J connectivity index is 2.00. The second kappa shape index (κ2) is 8.36. The van der Waals surface area contributed by atoms with E-state index in [1.165, 1.54) is 0 Å². The Hall–Kier alpha value is -3.05. The summed E-state index contributed by atoms with van der Waals surface area (Å²) in [7, 11) is 1.61. The predicted molar refractivity (Wildman–Crippen MR) is 107 cm³/mol. The molecule has 2 aromatic carbocycles. The van der Waals surface area contributed by atoms with Crippen LogP contribution in [-0.4, -0.2) is 23.6 Å². The first kappa shape index (κ1) is 17.8. The van der Waals surface area contributed by atoms with Crippen LogP contribution in [0.4, 0.5) is 17.3 Å². The lowest BCUT2D eigenvalue weighted by Gasteiger charge is -2.13. The van der Waals surface area contributed by atoms with Crippen LogP contribution in [0.1, 0.15) is 0 Å². The van der Waals surface area contributed by atoms with Crippen LogP contribution in [0.2, 0.25) is 5.02 Å². The molecule has 5 nitrogen and oxygen atoms in total. The molecule has 26 heavy (non-hydrogen) atoms. The molecule has 1 aromatic heterocycles. The molecule has 0 unspecified atom stereocenters. The first-order valence-corrected chi connectivity index (χ1v) is 8.47. The van der Waals surface area contributed by atoms with Gasteiger partial charge in [0.1, 0.15) is 17.4 Å². The van der Waals surface area contributed by atoms with Gasteiger partial charge in [0.05, 0.1) is 12.8 Å². The lowest BCUT2D eigenvalue weighted by Crippen LogP contribution is -2.05. The largest absolute Gasteiger partial charge is 0.495 e. The normalized spacial score (nSPS) is 10.2. The average molecular weight is 367 g/mol. The Labute approximate surface area is 157 Å². The zero-order valence-corrected chi connectivity index (χ0v) is 15.1. The van der Waals surface area contributed by atoms with E-state index in [1.807, 2.05) is 36.4 Å². The van der Waals surface area contributed by atoms with E-state index in [2.05, 4.69) is 27.2 Å². The highest BCUT2D eigenvalue weighted by molar-refractivity contribution is 6.31. The highest BCUT2D eigenvalue weighted by atomic mass is 35.5. The molecule has 3 aromatic rings. The van der Waals surface area contributed by atoms with Gasteiger partial charge in [-0.05, 0) is 18.2 Å². The maximum atomic E-state index is 6.12. The molecule has 0 bridgehead atoms. The van der Waals surface area contributed by atoms with Crippen LogP contribution in [0, 0.1) is 0 Å². The van der Waals surface area contributed by atoms with Gasteiger partial charge in [0.25, 0.3) is 0 Å². The SMILES string of the molecule is C=CCNc1cc(Nc2cc(Cl)ccc2OC)nc(-c2ccccc2)n1. The summed E-state index contributed by atoms with van der Waals surface area (Å²) < 4.78 is 5.39. The van der Waals surface area contributed by atoms with Gasteiger partial charge >= 0.3 is 0 Å². The Morgan fingerprint density at radius 1 is 1.08 bits per heavy atom. The summed E-state index contributed by atoms with van der Waals surface area (Å²) in [6, 6.07) is 17.0. The summed E-state index contributed by atoms with van der Waals surface area (Å²) in [4.78, 5) is 9.20. The van der Waals surface area contributed by atoms with Crippen molar-refractivity contribution in [3.63, 3.8) is 0 Å². The van der Waals surface area contributed by atoms with E-state index in [-0.39, 0.29) is 0 Å². The molecule has 0 spiro atoms. The van der Waals surface area contributed by atoms with Crippen molar-refractivity contribution in [2.24, 2.45) is 0 Å². The maximum absolute atomic E-state index is 6.12. The van der Waals surface area contributed by atoms with Crippen molar-refractivity contribution in [2.45, 2.75) is 0 Å². The molecule has 0 atom stereocenters. The first-order chi connectivity index (χ1) is 12.7. The van der Waals surface area contributed by atoms with Crippen LogP contribution in [0.5, 0.6) is 5.75 Å². The maximum Gasteiger partial charge on any atom is 0.163 e. The lowest BCUT2D eigenvalue weighted by molar-refractivity contribution is 0.417. The fourth-order valence-corrected chi connectivity index (χ4v) is 2.58. The van der Waals surface area contributed by atoms with Gasteiger partial charge in [0, 0.05) is 23.2 Å². The Kier molecular flexibility index (Phi) is 5.71. The molecule has 6 heteroatoms. The third-order valence-corrected chi connectivity index (χ3v) is 3.85. The number of nitrogens with one attached hydrogen (secondary N) is 2. The van der Waals surface area contributed by atoms with E-state index in [9.17, 15) is 0 Å². The van der Waals surface area contributed by atoms with Crippen molar-refractivity contribution < 1.29 is 4.74 Å². The van der Waals surface area contributed by atoms with Gasteiger partial charge in [0.2, 0.25) is 0 Å². The number of hydrogen-bond acceptors (Lipinski definition) is 5. The summed E-state index contributed by atoms with van der Waals surface area (Å²) >= 11 is 6.12. The minimum absolute atomic E-state index is 0.602. The van der Waals surface area contributed by atoms with E-state index in [1.54, 1.807) is 31.4 Å². The molecular weight excluding hydrogens is 348 g/mol. The molecule has 0 aliphatic carbocycles. The van der Waals surface area contributed by atoms with Gasteiger partial charge in [-0.3, -0.25) is 0 Å². The molecule has 0 saturated heterocycles. The molecule has 1 heterocycles. The van der Waals surface area contributed by atoms with Gasteiger partial charge in [0.15, 0.2) is 5.82 Å². The minimum Gasteiger partial charge on any atom is -0.495 e. The number of halogens is 1. The second-order valence-electron chi connectivity index (χ2n) is 5.47. The van der Waals surface area contributed by atoms with E-state index in [0.717, 1.165) is 11.3 Å². The van der Waals surface area contributed by atoms with Crippen LogP contribution >= 0.6 is 11.6 Å². The predicted octanol–water partition coefficient (Wildman–Crippen LogP) is 5.15. The summed E-state index contributed by atoms with van der Waals surface area (Å²) in [5.41, 5.74) is 1.66. The molecule has 132 valence electrons. The molecule has 0 saturated carbocycles. The molecule has 3 rings (SSSR count). The number of ether oxygens (including phenoxy) is 1. The van der Waals surface area contributed by atoms with E-state index < -0.39 is 0 Å². The fraction of sp³-hybridized carbons (Fsp3) is 0.100. The van der Waals surface area contributed by atoms with Gasteiger partial charge in [-0.2, -0.15) is 0 Å². The summed E-state index contributed by atoms with van der Waals surface area (Å²) in [6.07, 6.45) is 1.78. The molecule has 2 N–H and O–H groups in total. The molecule has 0 aliphatic heterocycles. The Morgan fingerprint density at radius 3 is 2.58 bits per heavy atom. The third-order valence-electron chi connectivity index (χ3n) is 3.61. The monoisotopic (exact) mass is 366 g/mol. The average Bonchev–Trinajstić information content (AvgIpc) is 2.67. The number of methoxy groups -OCH3 is 1. The number of rotatable bonds is 7. The number of aromatic nitrogens is 2. The second-order valence-corrected chi connectivity index (χ2v) is 5.90. The Morgan fingerprint density at radius 2 is 1.85 bits per heavy atom. The number of nitrogens with zero attached hydrogens (tertiary/aromatic N) is 2. The van der Waals surface area contributed by atoms with Crippen molar-refractivity contribution in [3.8, 4) is 17.1 Å². The van der Waals surface area contributed by atoms with E-state index >= 15 is 0 Å². The zero-order chi connectivity index (χ0) is 18.4. The van der Waals surface area contributed by atoms with Crippen molar-refractivity contribution >= 4 is 28.9 Å². The van der Waals surface area contributed by atoms with E-state index in [0.29, 0.717) is 34.8 Å². The molecule has 0 aliphatic rings. The summed E-state index contributed by atoms with van der Waals surface area (Å²) in [5.74, 6) is 2.62. The lowest BCUT2D eigenvalue weighted by atomic mass is 10.2. The standard InChI is InChI=1S/C20H19ClN4O/c1-3-11-22-18-13-19(23-16-12-15(21)9-10-17(16)26-2)25-20(24-18)14-7-5-4-6-8-14/h3-10,12-13H,1,11H2,2H3,(H2,22,23,24,25). The van der Waals surface area contributed by atoms with Crippen LogP contribution < -0.4 is 15.4 Å². The van der Waals surface area contributed by atoms with Crippen molar-refractivity contribution in [1.82, 2.24) is 9.97 Å². The minimum atomic E-state index is 0.602. The molecular formula is C20H19ClN4O. The van der Waals surface area contributed by atoms with Gasteiger partial charge in [-0.1, -0.05) is 48.0 Å². The number of anilines is 3. The summed E-state index contributed by atoms with van der Waals surface area (Å²) in [5, 5.41) is 7.08. The topological polar surface area (TPSA) is 59.1 Å². The quantitative estimate of drug-likeness (QED) is 0.566. The zero-order valence-electron chi connectivity index (χ0n) is 14.4. The van der Waals surface area contributed by atoms with Gasteiger partial charge < -0.3 is 15.4 Å². The fourth-order valence-electron chi connectivity index (χ4n) is 2.41. The van der Waals surface area contributed by atoms with Gasteiger partial charge in [-0.15, -0.1) is 6.58 Å². The third kappa shape index (κ3) is 4.32. The number of hydrogen-bond donors (Lipinski definition) is 2. The van der Waals surface area contributed by atoms with Gasteiger partial charge in [-0.25, -0.2) is 9.97 Å². The van der Waals surface area contributed by atoms with Crippen molar-refractivity contribution in [2.75, 3.05) is 24.3 Å². The first-order valence-electron chi connectivity index (χ1n) is 8.09. The molecule has 0 radical (unpaired) electrons. The summed E-state index contributed by atoms with van der Waals surface area (Å²) in [6.45, 7) is 4.33. The van der Waals surface area contributed by atoms with Crippen LogP contribution in [0.3, 0.4) is 0 Å². The molecule has 0 amide bonds. The highest BCUT2D eigenvalue weighted by Gasteiger charge is 2.10. The van der Waals surface area contributed by atoms with E-state index in [4.69, 9.17) is 16.3 Å². The van der Waals surface area contributed by atoms with Crippen molar-refractivity contribution in [1.29, 1.82) is 0 Å².